The summed E-state index contributed by atoms with van der Waals surface area (Å²) in [7, 11) is -5.80. The van der Waals surface area contributed by atoms with Crippen molar-refractivity contribution < 1.29 is 44.1 Å². The Kier molecular flexibility index (Phi) is 5.11. The zero-order chi connectivity index (χ0) is 18.1. The number of alkyl halides is 5. The van der Waals surface area contributed by atoms with Crippen molar-refractivity contribution in [1.82, 2.24) is 0 Å². The van der Waals surface area contributed by atoms with Gasteiger partial charge in [0.1, 0.15) is 6.61 Å². The van der Waals surface area contributed by atoms with Crippen LogP contribution in [0.5, 0.6) is 0 Å². The van der Waals surface area contributed by atoms with Gasteiger partial charge in [-0.05, 0) is 12.1 Å². The van der Waals surface area contributed by atoms with E-state index in [0.717, 1.165) is 0 Å². The average Bonchev–Trinajstić information content (AvgIpc) is 2.43. The Morgan fingerprint density at radius 2 is 1.52 bits per heavy atom. The summed E-state index contributed by atoms with van der Waals surface area (Å²) in [6.45, 7) is -1.43. The van der Waals surface area contributed by atoms with Crippen LogP contribution in [0.4, 0.5) is 22.0 Å². The van der Waals surface area contributed by atoms with Gasteiger partial charge in [0.25, 0.3) is 0 Å². The zero-order valence-electron chi connectivity index (χ0n) is 10.9. The number of carbonyl (C=O) groups excluding carboxylic acids is 2. The van der Waals surface area contributed by atoms with Gasteiger partial charge in [-0.2, -0.15) is 30.4 Å². The summed E-state index contributed by atoms with van der Waals surface area (Å²) < 4.78 is 88.6. The SMILES string of the molecule is NC(=O)C(F)(F)S(=O)(=O)OCC(=O)c1ccc(C(F)(F)F)cc1. The topological polar surface area (TPSA) is 104 Å². The van der Waals surface area contributed by atoms with Crippen LogP contribution >= 0.6 is 0 Å². The minimum Gasteiger partial charge on any atom is -0.363 e. The van der Waals surface area contributed by atoms with E-state index >= 15 is 0 Å². The third kappa shape index (κ3) is 4.22. The van der Waals surface area contributed by atoms with Gasteiger partial charge in [-0.1, -0.05) is 12.1 Å². The fourth-order valence-electron chi connectivity index (χ4n) is 1.26. The monoisotopic (exact) mass is 361 g/mol. The first-order valence-electron chi connectivity index (χ1n) is 5.56. The Hall–Kier alpha value is -2.08. The predicted octanol–water partition coefficient (Wildman–Crippen LogP) is 1.31. The summed E-state index contributed by atoms with van der Waals surface area (Å²) in [5.74, 6) is -3.69. The highest BCUT2D eigenvalue weighted by molar-refractivity contribution is 7.88. The van der Waals surface area contributed by atoms with E-state index in [1.54, 1.807) is 0 Å². The zero-order valence-corrected chi connectivity index (χ0v) is 11.7. The molecule has 0 aliphatic rings. The number of rotatable bonds is 6. The van der Waals surface area contributed by atoms with Crippen molar-refractivity contribution in [2.24, 2.45) is 5.73 Å². The van der Waals surface area contributed by atoms with Crippen molar-refractivity contribution >= 4 is 21.8 Å². The van der Waals surface area contributed by atoms with Gasteiger partial charge in [0, 0.05) is 5.56 Å². The van der Waals surface area contributed by atoms with Crippen LogP contribution in [0.1, 0.15) is 15.9 Å². The molecule has 0 aromatic heterocycles. The molecule has 2 N–H and O–H groups in total. The Morgan fingerprint density at radius 1 is 1.04 bits per heavy atom. The van der Waals surface area contributed by atoms with Crippen LogP contribution in [-0.2, 0) is 25.3 Å². The predicted molar refractivity (Wildman–Crippen MR) is 64.8 cm³/mol. The van der Waals surface area contributed by atoms with Gasteiger partial charge in [-0.25, -0.2) is 0 Å². The number of hydrogen-bond donors (Lipinski definition) is 1. The molecule has 0 saturated carbocycles. The van der Waals surface area contributed by atoms with E-state index in [4.69, 9.17) is 0 Å². The molecule has 6 nitrogen and oxygen atoms in total. The molecule has 0 heterocycles. The van der Waals surface area contributed by atoms with E-state index in [1.165, 1.54) is 0 Å². The van der Waals surface area contributed by atoms with Gasteiger partial charge < -0.3 is 5.73 Å². The largest absolute Gasteiger partial charge is 0.446 e. The highest BCUT2D eigenvalue weighted by Gasteiger charge is 2.53. The van der Waals surface area contributed by atoms with Crippen molar-refractivity contribution in [3.8, 4) is 0 Å². The van der Waals surface area contributed by atoms with Crippen molar-refractivity contribution in [3.63, 3.8) is 0 Å². The molecule has 0 aliphatic carbocycles. The van der Waals surface area contributed by atoms with Gasteiger partial charge in [-0.3, -0.25) is 13.8 Å². The molecule has 12 heteroatoms. The number of ketones is 1. The minimum atomic E-state index is -5.80. The van der Waals surface area contributed by atoms with Crippen molar-refractivity contribution in [1.29, 1.82) is 0 Å². The molecule has 23 heavy (non-hydrogen) atoms. The second-order valence-corrected chi connectivity index (χ2v) is 5.75. The second-order valence-electron chi connectivity index (χ2n) is 4.10. The fraction of sp³-hybridized carbons (Fsp3) is 0.273. The summed E-state index contributed by atoms with van der Waals surface area (Å²) in [4.78, 5) is 21.9. The third-order valence-corrected chi connectivity index (χ3v) is 3.74. The molecule has 1 aromatic carbocycles. The number of carbonyl (C=O) groups is 2. The van der Waals surface area contributed by atoms with Crippen LogP contribution in [0.3, 0.4) is 0 Å². The number of benzene rings is 1. The molecule has 1 aromatic rings. The third-order valence-electron chi connectivity index (χ3n) is 2.48. The Balaban J connectivity index is 2.84. The number of Topliss-reactive ketones (excluding diaryl/α,β-unsaturated/α-hetero) is 1. The van der Waals surface area contributed by atoms with Gasteiger partial charge in [-0.15, -0.1) is 0 Å². The Morgan fingerprint density at radius 3 is 1.91 bits per heavy atom. The van der Waals surface area contributed by atoms with Crippen LogP contribution in [0.25, 0.3) is 0 Å². The van der Waals surface area contributed by atoms with E-state index in [-0.39, 0.29) is 0 Å². The summed E-state index contributed by atoms with van der Waals surface area (Å²) in [6.07, 6.45) is -4.65. The van der Waals surface area contributed by atoms with Crippen molar-refractivity contribution in [3.05, 3.63) is 35.4 Å². The summed E-state index contributed by atoms with van der Waals surface area (Å²) in [6, 6.07) is 2.51. The average molecular weight is 361 g/mol. The maximum atomic E-state index is 12.9. The molecular formula is C11H8F5NO5S. The Labute approximate surface area is 126 Å². The highest BCUT2D eigenvalue weighted by Crippen LogP contribution is 2.29. The molecule has 0 atom stereocenters. The van der Waals surface area contributed by atoms with Crippen molar-refractivity contribution in [2.45, 2.75) is 11.4 Å². The highest BCUT2D eigenvalue weighted by atomic mass is 32.2. The Bertz CT molecular complexity index is 711. The number of halogens is 5. The van der Waals surface area contributed by atoms with Gasteiger partial charge in [0.05, 0.1) is 5.56 Å². The van der Waals surface area contributed by atoms with E-state index < -0.39 is 51.0 Å². The standard InChI is InChI=1S/C11H8F5NO5S/c12-10(13,14)7-3-1-6(2-4-7)8(18)5-22-23(20,21)11(15,16)9(17)19/h1-4H,5H2,(H2,17,19). The van der Waals surface area contributed by atoms with Gasteiger partial charge in [0.2, 0.25) is 0 Å². The number of primary amides is 1. The van der Waals surface area contributed by atoms with Gasteiger partial charge >= 0.3 is 27.5 Å². The lowest BCUT2D eigenvalue weighted by molar-refractivity contribution is -0.137. The lowest BCUT2D eigenvalue weighted by Crippen LogP contribution is -2.44. The molecular weight excluding hydrogens is 353 g/mol. The molecule has 0 aliphatic heterocycles. The normalized spacial score (nSPS) is 12.9. The maximum absolute atomic E-state index is 12.9. The molecule has 128 valence electrons. The van der Waals surface area contributed by atoms with Crippen LogP contribution in [-0.4, -0.2) is 32.0 Å². The molecule has 0 saturated heterocycles. The summed E-state index contributed by atoms with van der Waals surface area (Å²) in [5, 5.41) is -5.05. The molecule has 0 unspecified atom stereocenters. The lowest BCUT2D eigenvalue weighted by Gasteiger charge is -2.12. The van der Waals surface area contributed by atoms with Crippen LogP contribution in [0.2, 0.25) is 0 Å². The molecule has 1 rings (SSSR count). The van der Waals surface area contributed by atoms with E-state index in [1.807, 2.05) is 0 Å². The fourth-order valence-corrected chi connectivity index (χ4v) is 1.91. The first-order chi connectivity index (χ1) is 10.3. The number of amides is 1. The van der Waals surface area contributed by atoms with E-state index in [0.29, 0.717) is 24.3 Å². The summed E-state index contributed by atoms with van der Waals surface area (Å²) >= 11 is 0. The number of hydrogen-bond acceptors (Lipinski definition) is 5. The van der Waals surface area contributed by atoms with Crippen LogP contribution < -0.4 is 5.73 Å². The van der Waals surface area contributed by atoms with E-state index in [9.17, 15) is 40.0 Å². The molecule has 0 bridgehead atoms. The first-order valence-corrected chi connectivity index (χ1v) is 6.97. The lowest BCUT2D eigenvalue weighted by atomic mass is 10.1. The molecule has 1 amide bonds. The smallest absolute Gasteiger partial charge is 0.363 e. The van der Waals surface area contributed by atoms with Crippen molar-refractivity contribution in [2.75, 3.05) is 6.61 Å². The summed E-state index contributed by atoms with van der Waals surface area (Å²) in [5.41, 5.74) is 2.72. The second kappa shape index (κ2) is 6.20. The first kappa shape index (κ1) is 19.0. The molecule has 0 radical (unpaired) electrons. The quantitative estimate of drug-likeness (QED) is 0.467. The van der Waals surface area contributed by atoms with E-state index in [2.05, 4.69) is 9.92 Å². The van der Waals surface area contributed by atoms with Crippen LogP contribution in [0.15, 0.2) is 24.3 Å². The number of nitrogens with two attached hydrogens (primary N) is 1. The minimum absolute atomic E-state index is 0.407. The molecule has 0 fully saturated rings. The maximum Gasteiger partial charge on any atom is 0.446 e. The van der Waals surface area contributed by atoms with Gasteiger partial charge in [0.15, 0.2) is 5.78 Å². The molecule has 0 spiro atoms. The van der Waals surface area contributed by atoms with Crippen LogP contribution in [0, 0.1) is 0 Å².